The SMILES string of the molecule is CC(C)C1CCCC(NCCCNC(=O)OC(C)(C)C)CC1. The van der Waals surface area contributed by atoms with Crippen molar-refractivity contribution in [2.24, 2.45) is 11.8 Å². The van der Waals surface area contributed by atoms with E-state index in [0.717, 1.165) is 24.8 Å². The Hall–Kier alpha value is -0.770. The van der Waals surface area contributed by atoms with Crippen molar-refractivity contribution in [3.63, 3.8) is 0 Å². The lowest BCUT2D eigenvalue weighted by molar-refractivity contribution is 0.0527. The first-order valence-electron chi connectivity index (χ1n) is 8.98. The van der Waals surface area contributed by atoms with E-state index in [1.807, 2.05) is 20.8 Å². The molecule has 1 amide bonds. The van der Waals surface area contributed by atoms with Crippen molar-refractivity contribution in [3.05, 3.63) is 0 Å². The van der Waals surface area contributed by atoms with Crippen LogP contribution in [0.15, 0.2) is 0 Å². The van der Waals surface area contributed by atoms with Gasteiger partial charge in [-0.25, -0.2) is 4.79 Å². The molecule has 2 atom stereocenters. The van der Waals surface area contributed by atoms with Crippen LogP contribution in [0.3, 0.4) is 0 Å². The van der Waals surface area contributed by atoms with Gasteiger partial charge in [0.1, 0.15) is 5.60 Å². The van der Waals surface area contributed by atoms with Gasteiger partial charge in [-0.15, -0.1) is 0 Å². The lowest BCUT2D eigenvalue weighted by Gasteiger charge is -2.20. The van der Waals surface area contributed by atoms with E-state index in [1.165, 1.54) is 32.1 Å². The first-order chi connectivity index (χ1) is 10.3. The topological polar surface area (TPSA) is 50.4 Å². The summed E-state index contributed by atoms with van der Waals surface area (Å²) in [6.07, 6.45) is 7.30. The van der Waals surface area contributed by atoms with Crippen molar-refractivity contribution in [2.45, 2.75) is 84.8 Å². The highest BCUT2D eigenvalue weighted by atomic mass is 16.6. The predicted octanol–water partition coefficient (Wildman–Crippen LogP) is 4.10. The summed E-state index contributed by atoms with van der Waals surface area (Å²) in [4.78, 5) is 11.5. The van der Waals surface area contributed by atoms with Gasteiger partial charge < -0.3 is 15.4 Å². The van der Waals surface area contributed by atoms with Gasteiger partial charge >= 0.3 is 6.09 Å². The van der Waals surface area contributed by atoms with E-state index < -0.39 is 5.60 Å². The maximum absolute atomic E-state index is 11.5. The summed E-state index contributed by atoms with van der Waals surface area (Å²) in [5, 5.41) is 6.46. The van der Waals surface area contributed by atoms with Crippen molar-refractivity contribution in [1.82, 2.24) is 10.6 Å². The highest BCUT2D eigenvalue weighted by Gasteiger charge is 2.20. The summed E-state index contributed by atoms with van der Waals surface area (Å²) < 4.78 is 5.21. The van der Waals surface area contributed by atoms with E-state index in [1.54, 1.807) is 0 Å². The summed E-state index contributed by atoms with van der Waals surface area (Å²) in [6.45, 7) is 12.0. The number of alkyl carbamates (subject to hydrolysis) is 1. The van der Waals surface area contributed by atoms with E-state index in [2.05, 4.69) is 24.5 Å². The van der Waals surface area contributed by atoms with Crippen LogP contribution in [0, 0.1) is 11.8 Å². The van der Waals surface area contributed by atoms with Gasteiger partial charge in [0.15, 0.2) is 0 Å². The lowest BCUT2D eigenvalue weighted by Crippen LogP contribution is -2.35. The number of amides is 1. The third-order valence-electron chi connectivity index (χ3n) is 4.41. The Morgan fingerprint density at radius 1 is 1.14 bits per heavy atom. The van der Waals surface area contributed by atoms with Crippen LogP contribution in [0.25, 0.3) is 0 Å². The van der Waals surface area contributed by atoms with Crippen LogP contribution >= 0.6 is 0 Å². The zero-order valence-corrected chi connectivity index (χ0v) is 15.2. The number of ether oxygens (including phenoxy) is 1. The molecule has 22 heavy (non-hydrogen) atoms. The van der Waals surface area contributed by atoms with Crippen LogP contribution in [0.5, 0.6) is 0 Å². The molecule has 0 aliphatic heterocycles. The first kappa shape index (κ1) is 19.3. The molecule has 0 aromatic carbocycles. The van der Waals surface area contributed by atoms with Crippen LogP contribution in [-0.2, 0) is 4.74 Å². The zero-order chi connectivity index (χ0) is 16.6. The van der Waals surface area contributed by atoms with Crippen LogP contribution < -0.4 is 10.6 Å². The third kappa shape index (κ3) is 8.62. The van der Waals surface area contributed by atoms with Gasteiger partial charge in [0.2, 0.25) is 0 Å². The fourth-order valence-electron chi connectivity index (χ4n) is 3.10. The van der Waals surface area contributed by atoms with Crippen molar-refractivity contribution >= 4 is 6.09 Å². The minimum Gasteiger partial charge on any atom is -0.444 e. The molecule has 4 nitrogen and oxygen atoms in total. The van der Waals surface area contributed by atoms with Gasteiger partial charge in [0, 0.05) is 12.6 Å². The number of nitrogens with one attached hydrogen (secondary N) is 2. The van der Waals surface area contributed by atoms with Gasteiger partial charge in [-0.2, -0.15) is 0 Å². The molecule has 4 heteroatoms. The number of rotatable bonds is 6. The summed E-state index contributed by atoms with van der Waals surface area (Å²) >= 11 is 0. The molecule has 1 aliphatic carbocycles. The lowest BCUT2D eigenvalue weighted by atomic mass is 9.89. The smallest absolute Gasteiger partial charge is 0.407 e. The summed E-state index contributed by atoms with van der Waals surface area (Å²) in [5.41, 5.74) is -0.421. The second-order valence-electron chi connectivity index (χ2n) is 7.95. The molecule has 0 bridgehead atoms. The van der Waals surface area contributed by atoms with Gasteiger partial charge in [0.05, 0.1) is 0 Å². The number of hydrogen-bond donors (Lipinski definition) is 2. The molecule has 2 N–H and O–H groups in total. The molecular weight excluding hydrogens is 276 g/mol. The Morgan fingerprint density at radius 2 is 1.86 bits per heavy atom. The molecule has 1 saturated carbocycles. The Labute approximate surface area is 136 Å². The average Bonchev–Trinajstić information content (AvgIpc) is 2.62. The van der Waals surface area contributed by atoms with E-state index >= 15 is 0 Å². The average molecular weight is 312 g/mol. The zero-order valence-electron chi connectivity index (χ0n) is 15.2. The fraction of sp³-hybridized carbons (Fsp3) is 0.944. The maximum atomic E-state index is 11.5. The number of carbonyl (C=O) groups is 1. The minimum atomic E-state index is -0.421. The third-order valence-corrected chi connectivity index (χ3v) is 4.41. The molecule has 1 fully saturated rings. The normalized spacial score (nSPS) is 23.2. The van der Waals surface area contributed by atoms with E-state index in [-0.39, 0.29) is 6.09 Å². The molecule has 0 saturated heterocycles. The Balaban J connectivity index is 2.08. The number of carbonyl (C=O) groups excluding carboxylic acids is 1. The molecule has 0 spiro atoms. The highest BCUT2D eigenvalue weighted by molar-refractivity contribution is 5.67. The molecule has 1 aliphatic rings. The monoisotopic (exact) mass is 312 g/mol. The van der Waals surface area contributed by atoms with E-state index in [9.17, 15) is 4.79 Å². The summed E-state index contributed by atoms with van der Waals surface area (Å²) in [5.74, 6) is 1.72. The quantitative estimate of drug-likeness (QED) is 0.573. The predicted molar refractivity (Wildman–Crippen MR) is 92.1 cm³/mol. The standard InChI is InChI=1S/C18H36N2O2/c1-14(2)15-8-6-9-16(11-10-15)19-12-7-13-20-17(21)22-18(3,4)5/h14-16,19H,6-13H2,1-5H3,(H,20,21). The van der Waals surface area contributed by atoms with Crippen LogP contribution in [0.4, 0.5) is 4.79 Å². The van der Waals surface area contributed by atoms with E-state index in [4.69, 9.17) is 4.74 Å². The molecule has 0 heterocycles. The Kier molecular flexibility index (Phi) is 8.23. The Morgan fingerprint density at radius 3 is 2.50 bits per heavy atom. The number of hydrogen-bond acceptors (Lipinski definition) is 3. The first-order valence-corrected chi connectivity index (χ1v) is 8.98. The van der Waals surface area contributed by atoms with Crippen LogP contribution in [0.1, 0.15) is 73.1 Å². The summed E-state index contributed by atoms with van der Waals surface area (Å²) in [6, 6.07) is 0.658. The van der Waals surface area contributed by atoms with Crippen molar-refractivity contribution < 1.29 is 9.53 Å². The molecule has 0 aromatic heterocycles. The van der Waals surface area contributed by atoms with E-state index in [0.29, 0.717) is 12.6 Å². The van der Waals surface area contributed by atoms with Crippen molar-refractivity contribution in [2.75, 3.05) is 13.1 Å². The Bertz CT molecular complexity index is 324. The van der Waals surface area contributed by atoms with Crippen LogP contribution in [-0.4, -0.2) is 30.8 Å². The van der Waals surface area contributed by atoms with Crippen LogP contribution in [0.2, 0.25) is 0 Å². The second-order valence-corrected chi connectivity index (χ2v) is 7.95. The highest BCUT2D eigenvalue weighted by Crippen LogP contribution is 2.28. The minimum absolute atomic E-state index is 0.318. The van der Waals surface area contributed by atoms with Gasteiger partial charge in [0.25, 0.3) is 0 Å². The van der Waals surface area contributed by atoms with Gasteiger partial charge in [-0.1, -0.05) is 26.7 Å². The van der Waals surface area contributed by atoms with Crippen molar-refractivity contribution in [1.29, 1.82) is 0 Å². The summed E-state index contributed by atoms with van der Waals surface area (Å²) in [7, 11) is 0. The molecule has 1 rings (SSSR count). The van der Waals surface area contributed by atoms with Gasteiger partial charge in [-0.3, -0.25) is 0 Å². The second kappa shape index (κ2) is 9.39. The molecule has 0 aromatic rings. The molecular formula is C18H36N2O2. The molecule has 0 radical (unpaired) electrons. The van der Waals surface area contributed by atoms with Gasteiger partial charge in [-0.05, 0) is 64.8 Å². The largest absolute Gasteiger partial charge is 0.444 e. The fourth-order valence-corrected chi connectivity index (χ4v) is 3.10. The molecule has 2 unspecified atom stereocenters. The molecule has 130 valence electrons. The maximum Gasteiger partial charge on any atom is 0.407 e. The van der Waals surface area contributed by atoms with Crippen molar-refractivity contribution in [3.8, 4) is 0 Å².